The van der Waals surface area contributed by atoms with Crippen LogP contribution < -0.4 is 0 Å². The molecule has 0 aromatic carbocycles. The highest BCUT2D eigenvalue weighted by atomic mass is 16.3. The average Bonchev–Trinajstić information content (AvgIpc) is 1.83. The van der Waals surface area contributed by atoms with Gasteiger partial charge in [-0.3, -0.25) is 0 Å². The minimum absolute atomic E-state index is 0.244. The van der Waals surface area contributed by atoms with E-state index in [2.05, 4.69) is 0 Å². The molecule has 2 heteroatoms. The Balaban J connectivity index is 2.97. The first-order valence-corrected chi connectivity index (χ1v) is 2.91. The lowest BCUT2D eigenvalue weighted by Crippen LogP contribution is -1.99. The third-order valence-corrected chi connectivity index (χ3v) is 1.12. The summed E-state index contributed by atoms with van der Waals surface area (Å²) >= 11 is 0. The summed E-state index contributed by atoms with van der Waals surface area (Å²) in [6.07, 6.45) is 3.11. The second-order valence-corrected chi connectivity index (χ2v) is 2.07. The van der Waals surface area contributed by atoms with E-state index in [1.165, 1.54) is 6.21 Å². The summed E-state index contributed by atoms with van der Waals surface area (Å²) in [4.78, 5) is 0. The Kier molecular flexibility index (Phi) is 4.56. The molecular formula is C6H13NO. The normalized spacial score (nSPS) is 13.2. The summed E-state index contributed by atoms with van der Waals surface area (Å²) in [5.41, 5.74) is 0. The maximum absolute atomic E-state index is 8.49. The average molecular weight is 115 g/mol. The molecule has 0 aliphatic rings. The van der Waals surface area contributed by atoms with E-state index < -0.39 is 0 Å². The third-order valence-electron chi connectivity index (χ3n) is 1.12. The molecule has 0 radical (unpaired) electrons. The molecule has 2 N–H and O–H groups in total. The molecule has 0 aliphatic carbocycles. The monoisotopic (exact) mass is 115 g/mol. The fourth-order valence-electron chi connectivity index (χ4n) is 0.459. The number of hydrogen-bond donors (Lipinski definition) is 2. The largest absolute Gasteiger partial charge is 0.396 e. The molecular weight excluding hydrogens is 102 g/mol. The second-order valence-electron chi connectivity index (χ2n) is 2.07. The SMILES string of the molecule is CC(CO)CCC=N. The van der Waals surface area contributed by atoms with Crippen molar-refractivity contribution in [3.05, 3.63) is 0 Å². The van der Waals surface area contributed by atoms with Crippen molar-refractivity contribution in [2.45, 2.75) is 19.8 Å². The summed E-state index contributed by atoms with van der Waals surface area (Å²) in [5.74, 6) is 0.358. The van der Waals surface area contributed by atoms with Crippen LogP contribution in [0, 0.1) is 11.3 Å². The molecule has 0 aliphatic heterocycles. The van der Waals surface area contributed by atoms with Crippen LogP contribution in [0.3, 0.4) is 0 Å². The first-order chi connectivity index (χ1) is 3.81. The van der Waals surface area contributed by atoms with Crippen LogP contribution in [0.1, 0.15) is 19.8 Å². The van der Waals surface area contributed by atoms with Crippen LogP contribution in [0.5, 0.6) is 0 Å². The fraction of sp³-hybridized carbons (Fsp3) is 0.833. The van der Waals surface area contributed by atoms with Gasteiger partial charge >= 0.3 is 0 Å². The Labute approximate surface area is 50.0 Å². The van der Waals surface area contributed by atoms with Gasteiger partial charge < -0.3 is 10.5 Å². The summed E-state index contributed by atoms with van der Waals surface area (Å²) in [6.45, 7) is 2.22. The van der Waals surface area contributed by atoms with Gasteiger partial charge in [0.2, 0.25) is 0 Å². The van der Waals surface area contributed by atoms with Crippen LogP contribution >= 0.6 is 0 Å². The third kappa shape index (κ3) is 3.81. The zero-order chi connectivity index (χ0) is 6.41. The molecule has 0 bridgehead atoms. The molecule has 0 spiro atoms. The van der Waals surface area contributed by atoms with Gasteiger partial charge in [-0.2, -0.15) is 0 Å². The standard InChI is InChI=1S/C6H13NO/c1-6(5-8)3-2-4-7/h4,6-8H,2-3,5H2,1H3. The molecule has 0 aromatic heterocycles. The van der Waals surface area contributed by atoms with Crippen LogP contribution in [-0.2, 0) is 0 Å². The van der Waals surface area contributed by atoms with Gasteiger partial charge in [-0.15, -0.1) is 0 Å². The molecule has 48 valence electrons. The van der Waals surface area contributed by atoms with Gasteiger partial charge in [0.1, 0.15) is 0 Å². The predicted molar refractivity (Wildman–Crippen MR) is 34.3 cm³/mol. The molecule has 0 saturated heterocycles. The van der Waals surface area contributed by atoms with Crippen LogP contribution in [0.2, 0.25) is 0 Å². The van der Waals surface area contributed by atoms with Crippen LogP contribution in [0.4, 0.5) is 0 Å². The van der Waals surface area contributed by atoms with Crippen LogP contribution in [-0.4, -0.2) is 17.9 Å². The molecule has 2 nitrogen and oxygen atoms in total. The minimum Gasteiger partial charge on any atom is -0.396 e. The quantitative estimate of drug-likeness (QED) is 0.528. The molecule has 1 unspecified atom stereocenters. The first-order valence-electron chi connectivity index (χ1n) is 2.91. The maximum atomic E-state index is 8.49. The highest BCUT2D eigenvalue weighted by molar-refractivity contribution is 5.52. The van der Waals surface area contributed by atoms with Crippen molar-refractivity contribution >= 4 is 6.21 Å². The van der Waals surface area contributed by atoms with E-state index in [1.807, 2.05) is 6.92 Å². The first kappa shape index (κ1) is 7.63. The predicted octanol–water partition coefficient (Wildman–Crippen LogP) is 1.04. The summed E-state index contributed by atoms with van der Waals surface area (Å²) in [6, 6.07) is 0. The Morgan fingerprint density at radius 3 is 2.75 bits per heavy atom. The number of aliphatic hydroxyl groups is 1. The Hall–Kier alpha value is -0.370. The van der Waals surface area contributed by atoms with Crippen molar-refractivity contribution in [1.82, 2.24) is 0 Å². The lowest BCUT2D eigenvalue weighted by atomic mass is 10.1. The molecule has 0 rings (SSSR count). The highest BCUT2D eigenvalue weighted by Crippen LogP contribution is 2.00. The van der Waals surface area contributed by atoms with E-state index in [-0.39, 0.29) is 6.61 Å². The number of hydrogen-bond acceptors (Lipinski definition) is 2. The van der Waals surface area contributed by atoms with Gasteiger partial charge in [-0.25, -0.2) is 0 Å². The molecule has 0 saturated carbocycles. The van der Waals surface area contributed by atoms with Gasteiger partial charge in [0, 0.05) is 6.61 Å². The van der Waals surface area contributed by atoms with Gasteiger partial charge in [0.15, 0.2) is 0 Å². The van der Waals surface area contributed by atoms with Gasteiger partial charge in [-0.1, -0.05) is 6.92 Å². The van der Waals surface area contributed by atoms with Crippen LogP contribution in [0.25, 0.3) is 0 Å². The maximum Gasteiger partial charge on any atom is 0.0456 e. The lowest BCUT2D eigenvalue weighted by molar-refractivity contribution is 0.232. The van der Waals surface area contributed by atoms with E-state index in [1.54, 1.807) is 0 Å². The van der Waals surface area contributed by atoms with E-state index in [9.17, 15) is 0 Å². The van der Waals surface area contributed by atoms with E-state index in [0.29, 0.717) is 5.92 Å². The molecule has 0 heterocycles. The Morgan fingerprint density at radius 1 is 1.75 bits per heavy atom. The molecule has 0 amide bonds. The van der Waals surface area contributed by atoms with Crippen molar-refractivity contribution in [2.75, 3.05) is 6.61 Å². The molecule has 0 fully saturated rings. The van der Waals surface area contributed by atoms with Crippen molar-refractivity contribution in [2.24, 2.45) is 5.92 Å². The van der Waals surface area contributed by atoms with Crippen LogP contribution in [0.15, 0.2) is 0 Å². The fourth-order valence-corrected chi connectivity index (χ4v) is 0.459. The summed E-state index contributed by atoms with van der Waals surface area (Å²) in [5, 5.41) is 15.2. The van der Waals surface area contributed by atoms with Crippen molar-refractivity contribution < 1.29 is 5.11 Å². The second kappa shape index (κ2) is 4.78. The van der Waals surface area contributed by atoms with Crippen molar-refractivity contribution in [3.8, 4) is 0 Å². The number of aliphatic hydroxyl groups excluding tert-OH is 1. The lowest BCUT2D eigenvalue weighted by Gasteiger charge is -2.01. The number of nitrogens with one attached hydrogen (secondary N) is 1. The molecule has 8 heavy (non-hydrogen) atoms. The Bertz CT molecular complexity index is 63.5. The van der Waals surface area contributed by atoms with Gasteiger partial charge in [0.25, 0.3) is 0 Å². The Morgan fingerprint density at radius 2 is 2.38 bits per heavy atom. The van der Waals surface area contributed by atoms with Gasteiger partial charge in [0.05, 0.1) is 0 Å². The smallest absolute Gasteiger partial charge is 0.0456 e. The van der Waals surface area contributed by atoms with E-state index in [4.69, 9.17) is 10.5 Å². The molecule has 0 aromatic rings. The zero-order valence-corrected chi connectivity index (χ0v) is 5.22. The van der Waals surface area contributed by atoms with Crippen molar-refractivity contribution in [3.63, 3.8) is 0 Å². The molecule has 1 atom stereocenters. The van der Waals surface area contributed by atoms with E-state index in [0.717, 1.165) is 12.8 Å². The van der Waals surface area contributed by atoms with Gasteiger partial charge in [-0.05, 0) is 25.0 Å². The van der Waals surface area contributed by atoms with E-state index >= 15 is 0 Å². The number of rotatable bonds is 4. The minimum atomic E-state index is 0.244. The zero-order valence-electron chi connectivity index (χ0n) is 5.22. The topological polar surface area (TPSA) is 44.1 Å². The summed E-state index contributed by atoms with van der Waals surface area (Å²) in [7, 11) is 0. The summed E-state index contributed by atoms with van der Waals surface area (Å²) < 4.78 is 0. The highest BCUT2D eigenvalue weighted by Gasteiger charge is 1.95. The van der Waals surface area contributed by atoms with Crippen molar-refractivity contribution in [1.29, 1.82) is 5.41 Å².